The SMILES string of the molecule is C=C1CC(C(=O)N/N=C/c2ccc(OC)c(OC)c2)C1. The zero-order chi connectivity index (χ0) is 14.5. The molecule has 1 fully saturated rings. The zero-order valence-electron chi connectivity index (χ0n) is 11.7. The number of benzene rings is 1. The number of amides is 1. The number of rotatable bonds is 5. The molecule has 0 bridgehead atoms. The molecule has 1 aliphatic rings. The van der Waals surface area contributed by atoms with Crippen molar-refractivity contribution in [2.24, 2.45) is 11.0 Å². The van der Waals surface area contributed by atoms with E-state index in [-0.39, 0.29) is 11.8 Å². The third-order valence-electron chi connectivity index (χ3n) is 3.24. The minimum Gasteiger partial charge on any atom is -0.493 e. The topological polar surface area (TPSA) is 59.9 Å². The van der Waals surface area contributed by atoms with Gasteiger partial charge in [-0.3, -0.25) is 4.79 Å². The van der Waals surface area contributed by atoms with Crippen LogP contribution in [0.4, 0.5) is 0 Å². The fraction of sp³-hybridized carbons (Fsp3) is 0.333. The first-order valence-electron chi connectivity index (χ1n) is 6.35. The number of carbonyl (C=O) groups is 1. The molecule has 5 heteroatoms. The number of hydrogen-bond donors (Lipinski definition) is 1. The third kappa shape index (κ3) is 3.17. The van der Waals surface area contributed by atoms with Gasteiger partial charge in [-0.25, -0.2) is 5.43 Å². The molecule has 1 N–H and O–H groups in total. The molecular formula is C15H18N2O3. The van der Waals surface area contributed by atoms with E-state index in [1.54, 1.807) is 32.6 Å². The highest BCUT2D eigenvalue weighted by Gasteiger charge is 2.27. The minimum absolute atomic E-state index is 0.0186. The summed E-state index contributed by atoms with van der Waals surface area (Å²) in [5, 5.41) is 3.95. The molecule has 0 heterocycles. The van der Waals surface area contributed by atoms with Gasteiger partial charge in [0, 0.05) is 5.92 Å². The van der Waals surface area contributed by atoms with Gasteiger partial charge < -0.3 is 9.47 Å². The average Bonchev–Trinajstić information content (AvgIpc) is 2.43. The van der Waals surface area contributed by atoms with Crippen LogP contribution in [0.25, 0.3) is 0 Å². The standard InChI is InChI=1S/C15H18N2O3/c1-10-6-12(7-10)15(18)17-16-9-11-4-5-13(19-2)14(8-11)20-3/h4-5,8-9,12H,1,6-7H2,2-3H3,(H,17,18)/b16-9+. The monoisotopic (exact) mass is 274 g/mol. The maximum Gasteiger partial charge on any atom is 0.243 e. The van der Waals surface area contributed by atoms with Crippen LogP contribution in [0.1, 0.15) is 18.4 Å². The van der Waals surface area contributed by atoms with E-state index in [4.69, 9.17) is 9.47 Å². The number of hydrogen-bond acceptors (Lipinski definition) is 4. The lowest BCUT2D eigenvalue weighted by Crippen LogP contribution is -2.32. The van der Waals surface area contributed by atoms with Gasteiger partial charge in [0.1, 0.15) is 0 Å². The van der Waals surface area contributed by atoms with Gasteiger partial charge in [0.05, 0.1) is 20.4 Å². The molecule has 0 radical (unpaired) electrons. The second-order valence-corrected chi connectivity index (χ2v) is 4.70. The Kier molecular flexibility index (Phi) is 4.40. The fourth-order valence-electron chi connectivity index (χ4n) is 2.02. The van der Waals surface area contributed by atoms with E-state index in [1.807, 2.05) is 6.07 Å². The maximum atomic E-state index is 11.7. The number of ether oxygens (including phenoxy) is 2. The van der Waals surface area contributed by atoms with Crippen LogP contribution < -0.4 is 14.9 Å². The van der Waals surface area contributed by atoms with Crippen molar-refractivity contribution in [3.63, 3.8) is 0 Å². The number of allylic oxidation sites excluding steroid dienone is 1. The molecule has 0 atom stereocenters. The largest absolute Gasteiger partial charge is 0.493 e. The summed E-state index contributed by atoms with van der Waals surface area (Å²) in [6, 6.07) is 5.42. The highest BCUT2D eigenvalue weighted by atomic mass is 16.5. The molecule has 0 aromatic heterocycles. The van der Waals surface area contributed by atoms with Gasteiger partial charge in [0.25, 0.3) is 0 Å². The van der Waals surface area contributed by atoms with Gasteiger partial charge in [-0.15, -0.1) is 0 Å². The molecular weight excluding hydrogens is 256 g/mol. The smallest absolute Gasteiger partial charge is 0.243 e. The lowest BCUT2D eigenvalue weighted by molar-refractivity contribution is -0.126. The lowest BCUT2D eigenvalue weighted by atomic mass is 9.81. The summed E-state index contributed by atoms with van der Waals surface area (Å²) in [6.07, 6.45) is 3.10. The van der Waals surface area contributed by atoms with Crippen LogP contribution >= 0.6 is 0 Å². The second-order valence-electron chi connectivity index (χ2n) is 4.70. The summed E-state index contributed by atoms with van der Waals surface area (Å²) in [6.45, 7) is 3.81. The number of nitrogens with one attached hydrogen (secondary N) is 1. The van der Waals surface area contributed by atoms with Crippen molar-refractivity contribution in [2.45, 2.75) is 12.8 Å². The number of nitrogens with zero attached hydrogens (tertiary/aromatic N) is 1. The summed E-state index contributed by atoms with van der Waals surface area (Å²) < 4.78 is 10.3. The molecule has 20 heavy (non-hydrogen) atoms. The lowest BCUT2D eigenvalue weighted by Gasteiger charge is -2.25. The Morgan fingerprint density at radius 2 is 2.05 bits per heavy atom. The third-order valence-corrected chi connectivity index (χ3v) is 3.24. The molecule has 1 saturated carbocycles. The first-order chi connectivity index (χ1) is 9.63. The Morgan fingerprint density at radius 3 is 2.65 bits per heavy atom. The van der Waals surface area contributed by atoms with Crippen LogP contribution in [-0.2, 0) is 4.79 Å². The normalized spacial score (nSPS) is 15.0. The summed E-state index contributed by atoms with van der Waals surface area (Å²) in [7, 11) is 3.16. The summed E-state index contributed by atoms with van der Waals surface area (Å²) in [5.41, 5.74) is 4.48. The molecule has 0 saturated heterocycles. The second kappa shape index (κ2) is 6.23. The van der Waals surface area contributed by atoms with Gasteiger partial charge in [-0.2, -0.15) is 5.10 Å². The molecule has 5 nitrogen and oxygen atoms in total. The fourth-order valence-corrected chi connectivity index (χ4v) is 2.02. The van der Waals surface area contributed by atoms with E-state index in [9.17, 15) is 4.79 Å². The number of methoxy groups -OCH3 is 2. The Bertz CT molecular complexity index is 544. The number of carbonyl (C=O) groups excluding carboxylic acids is 1. The molecule has 1 aromatic rings. The van der Waals surface area contributed by atoms with Crippen LogP contribution in [-0.4, -0.2) is 26.3 Å². The predicted octanol–water partition coefficient (Wildman–Crippen LogP) is 2.12. The van der Waals surface area contributed by atoms with Crippen LogP contribution in [0.5, 0.6) is 11.5 Å². The van der Waals surface area contributed by atoms with Crippen LogP contribution in [0.2, 0.25) is 0 Å². The Labute approximate surface area is 118 Å². The van der Waals surface area contributed by atoms with E-state index >= 15 is 0 Å². The van der Waals surface area contributed by atoms with Crippen molar-refractivity contribution in [1.82, 2.24) is 5.43 Å². The van der Waals surface area contributed by atoms with Crippen LogP contribution in [0.3, 0.4) is 0 Å². The summed E-state index contributed by atoms with van der Waals surface area (Å²) in [5.74, 6) is 1.24. The van der Waals surface area contributed by atoms with E-state index < -0.39 is 0 Å². The molecule has 1 aromatic carbocycles. The molecule has 2 rings (SSSR count). The Hall–Kier alpha value is -2.30. The van der Waals surface area contributed by atoms with Crippen molar-refractivity contribution >= 4 is 12.1 Å². The minimum atomic E-state index is -0.0610. The van der Waals surface area contributed by atoms with Crippen molar-refractivity contribution in [2.75, 3.05) is 14.2 Å². The Morgan fingerprint density at radius 1 is 1.35 bits per heavy atom. The number of hydrazone groups is 1. The molecule has 0 aliphatic heterocycles. The van der Waals surface area contributed by atoms with Crippen LogP contribution in [0.15, 0.2) is 35.5 Å². The summed E-state index contributed by atoms with van der Waals surface area (Å²) >= 11 is 0. The molecule has 106 valence electrons. The van der Waals surface area contributed by atoms with Gasteiger partial charge in [-0.05, 0) is 36.6 Å². The molecule has 0 unspecified atom stereocenters. The highest BCUT2D eigenvalue weighted by Crippen LogP contribution is 2.31. The van der Waals surface area contributed by atoms with E-state index in [0.717, 1.165) is 24.0 Å². The molecule has 1 aliphatic carbocycles. The predicted molar refractivity (Wildman–Crippen MR) is 77.1 cm³/mol. The van der Waals surface area contributed by atoms with E-state index in [2.05, 4.69) is 17.1 Å². The Balaban J connectivity index is 1.94. The first kappa shape index (κ1) is 14.1. The van der Waals surface area contributed by atoms with Crippen molar-refractivity contribution in [1.29, 1.82) is 0 Å². The molecule has 0 spiro atoms. The first-order valence-corrected chi connectivity index (χ1v) is 6.35. The van der Waals surface area contributed by atoms with Crippen molar-refractivity contribution in [3.05, 3.63) is 35.9 Å². The maximum absolute atomic E-state index is 11.7. The van der Waals surface area contributed by atoms with Crippen molar-refractivity contribution < 1.29 is 14.3 Å². The van der Waals surface area contributed by atoms with Crippen LogP contribution in [0, 0.1) is 5.92 Å². The highest BCUT2D eigenvalue weighted by molar-refractivity contribution is 5.84. The van der Waals surface area contributed by atoms with E-state index in [1.165, 1.54) is 0 Å². The van der Waals surface area contributed by atoms with Crippen molar-refractivity contribution in [3.8, 4) is 11.5 Å². The van der Waals surface area contributed by atoms with Gasteiger partial charge in [0.15, 0.2) is 11.5 Å². The van der Waals surface area contributed by atoms with Gasteiger partial charge >= 0.3 is 0 Å². The van der Waals surface area contributed by atoms with Gasteiger partial charge in [-0.1, -0.05) is 12.2 Å². The average molecular weight is 274 g/mol. The van der Waals surface area contributed by atoms with E-state index in [0.29, 0.717) is 11.5 Å². The quantitative estimate of drug-likeness (QED) is 0.508. The zero-order valence-corrected chi connectivity index (χ0v) is 11.7. The van der Waals surface area contributed by atoms with Gasteiger partial charge in [0.2, 0.25) is 5.91 Å². The molecule has 1 amide bonds. The summed E-state index contributed by atoms with van der Waals surface area (Å²) in [4.78, 5) is 11.7.